The highest BCUT2D eigenvalue weighted by Gasteiger charge is 2.51. The number of nitrogens with zero attached hydrogens (tertiary/aromatic N) is 4. The quantitative estimate of drug-likeness (QED) is 0.158. The summed E-state index contributed by atoms with van der Waals surface area (Å²) >= 11 is 0. The molecule has 4 amide bonds. The van der Waals surface area contributed by atoms with Gasteiger partial charge in [0.05, 0.1) is 18.6 Å². The number of H-pyrrole nitrogens is 1. The summed E-state index contributed by atoms with van der Waals surface area (Å²) in [6.45, 7) is 5.73. The van der Waals surface area contributed by atoms with Crippen molar-refractivity contribution in [3.63, 3.8) is 0 Å². The first-order valence-electron chi connectivity index (χ1n) is 15.9. The number of urea groups is 1. The highest BCUT2D eigenvalue weighted by atomic mass is 32.2. The van der Waals surface area contributed by atoms with Crippen molar-refractivity contribution in [1.82, 2.24) is 30.1 Å². The molecular weight excluding hydrogens is 662 g/mol. The minimum Gasteiger partial charge on any atom is -0.371 e. The SMILES string of the molecule is C=CCN1CC(=O)N2C(Cc3ccc(OS(N)(=O)=O)cc3)C(=O)N(Cc3cccc4c(C(C)=O)c[nH]c34)C[C@@H]2N1C(=O)NCc1ccccc1. The molecule has 4 N–H and O–H groups in total. The van der Waals surface area contributed by atoms with E-state index in [1.54, 1.807) is 34.3 Å². The number of aromatic nitrogens is 1. The molecule has 0 aliphatic carbocycles. The van der Waals surface area contributed by atoms with E-state index in [1.165, 1.54) is 29.0 Å². The van der Waals surface area contributed by atoms with E-state index in [9.17, 15) is 27.6 Å². The molecule has 1 aromatic heterocycles. The number of aromatic amines is 1. The molecule has 3 aromatic carbocycles. The van der Waals surface area contributed by atoms with Gasteiger partial charge in [-0.15, -0.1) is 6.58 Å². The standard InChI is InChI=1S/C35H37N7O7S/c1-3-16-40-22-32(44)41-30(17-24-12-14-27(15-13-24)49-50(36,47)48)34(45)39(20-26-10-7-11-28-29(23(2)43)19-37-33(26)28)21-31(41)42(40)35(46)38-18-25-8-5-4-6-9-25/h3-15,19,30-31,37H,1,16-18,20-22H2,2H3,(H,38,46)(H2,36,47,48)/t30?,31-/m0/s1. The molecule has 260 valence electrons. The number of Topliss-reactive ketones (excluding diaryl/α,β-unsaturated/α-hetero) is 1. The van der Waals surface area contributed by atoms with Gasteiger partial charge < -0.3 is 24.3 Å². The molecule has 4 aromatic rings. The van der Waals surface area contributed by atoms with Crippen LogP contribution < -0.4 is 14.6 Å². The van der Waals surface area contributed by atoms with Crippen LogP contribution in [0.3, 0.4) is 0 Å². The molecule has 14 nitrogen and oxygen atoms in total. The Balaban J connectivity index is 1.37. The number of benzene rings is 3. The van der Waals surface area contributed by atoms with E-state index in [0.717, 1.165) is 16.5 Å². The second-order valence-corrected chi connectivity index (χ2v) is 13.3. The van der Waals surface area contributed by atoms with Crippen LogP contribution in [0.1, 0.15) is 34.0 Å². The first kappa shape index (κ1) is 34.4. The van der Waals surface area contributed by atoms with E-state index in [2.05, 4.69) is 16.9 Å². The molecule has 2 aliphatic rings. The highest BCUT2D eigenvalue weighted by Crippen LogP contribution is 2.31. The molecule has 2 atom stereocenters. The normalized spacial score (nSPS) is 18.2. The summed E-state index contributed by atoms with van der Waals surface area (Å²) in [6, 6.07) is 19.5. The molecule has 0 saturated carbocycles. The number of nitrogens with two attached hydrogens (primary N) is 1. The zero-order valence-corrected chi connectivity index (χ0v) is 28.1. The number of carbonyl (C=O) groups is 4. The fourth-order valence-corrected chi connectivity index (χ4v) is 6.96. The van der Waals surface area contributed by atoms with Crippen molar-refractivity contribution in [3.8, 4) is 5.75 Å². The molecule has 1 unspecified atom stereocenters. The predicted octanol–water partition coefficient (Wildman–Crippen LogP) is 2.69. The summed E-state index contributed by atoms with van der Waals surface area (Å²) in [6.07, 6.45) is 2.44. The molecular formula is C35H37N7O7S. The second-order valence-electron chi connectivity index (χ2n) is 12.2. The van der Waals surface area contributed by atoms with Crippen molar-refractivity contribution in [2.75, 3.05) is 19.6 Å². The maximum atomic E-state index is 14.4. The Morgan fingerprint density at radius 2 is 1.78 bits per heavy atom. The van der Waals surface area contributed by atoms with Crippen molar-refractivity contribution in [3.05, 3.63) is 114 Å². The van der Waals surface area contributed by atoms with Crippen LogP contribution in [0.4, 0.5) is 4.79 Å². The van der Waals surface area contributed by atoms with Gasteiger partial charge in [-0.2, -0.15) is 13.6 Å². The average Bonchev–Trinajstić information content (AvgIpc) is 3.52. The number of nitrogens with one attached hydrogen (secondary N) is 2. The summed E-state index contributed by atoms with van der Waals surface area (Å²) in [5, 5.41) is 11.8. The Hall–Kier alpha value is -5.51. The summed E-state index contributed by atoms with van der Waals surface area (Å²) in [5.74, 6) is -0.783. The molecule has 0 bridgehead atoms. The third-order valence-electron chi connectivity index (χ3n) is 8.77. The van der Waals surface area contributed by atoms with Crippen LogP contribution in [0.2, 0.25) is 0 Å². The maximum absolute atomic E-state index is 14.4. The van der Waals surface area contributed by atoms with Gasteiger partial charge in [0, 0.05) is 43.2 Å². The van der Waals surface area contributed by atoms with Gasteiger partial charge in [-0.25, -0.2) is 14.8 Å². The summed E-state index contributed by atoms with van der Waals surface area (Å²) in [7, 11) is -4.24. The monoisotopic (exact) mass is 699 g/mol. The van der Waals surface area contributed by atoms with Crippen LogP contribution in [-0.2, 0) is 39.4 Å². The van der Waals surface area contributed by atoms with Gasteiger partial charge >= 0.3 is 16.3 Å². The molecule has 6 rings (SSSR count). The second kappa shape index (κ2) is 14.2. The first-order valence-corrected chi connectivity index (χ1v) is 17.4. The van der Waals surface area contributed by atoms with Crippen LogP contribution in [-0.4, -0.2) is 88.7 Å². The van der Waals surface area contributed by atoms with Crippen molar-refractivity contribution in [2.24, 2.45) is 5.14 Å². The predicted molar refractivity (Wildman–Crippen MR) is 184 cm³/mol. The third kappa shape index (κ3) is 7.24. The van der Waals surface area contributed by atoms with Gasteiger partial charge in [0.25, 0.3) is 0 Å². The van der Waals surface area contributed by atoms with Crippen molar-refractivity contribution in [1.29, 1.82) is 0 Å². The van der Waals surface area contributed by atoms with Crippen molar-refractivity contribution >= 4 is 44.8 Å². The number of hydrogen-bond acceptors (Lipinski definition) is 8. The van der Waals surface area contributed by atoms with E-state index in [-0.39, 0.29) is 62.5 Å². The lowest BCUT2D eigenvalue weighted by Gasteiger charge is -2.55. The van der Waals surface area contributed by atoms with Crippen LogP contribution in [0.5, 0.6) is 5.75 Å². The van der Waals surface area contributed by atoms with Crippen LogP contribution >= 0.6 is 0 Å². The molecule has 0 radical (unpaired) electrons. The molecule has 2 fully saturated rings. The summed E-state index contributed by atoms with van der Waals surface area (Å²) in [5.41, 5.74) is 3.50. The van der Waals surface area contributed by atoms with E-state index in [4.69, 9.17) is 9.32 Å². The lowest BCUT2D eigenvalue weighted by atomic mass is 9.98. The number of ketones is 1. The largest absolute Gasteiger partial charge is 0.380 e. The fourth-order valence-electron chi connectivity index (χ4n) is 6.58. The summed E-state index contributed by atoms with van der Waals surface area (Å²) in [4.78, 5) is 60.9. The Kier molecular flexibility index (Phi) is 9.72. The zero-order chi connectivity index (χ0) is 35.6. The lowest BCUT2D eigenvalue weighted by Crippen LogP contribution is -2.76. The number of fused-ring (bicyclic) bond motifs is 2. The fraction of sp³-hybridized carbons (Fsp3) is 0.257. The Morgan fingerprint density at radius 3 is 2.46 bits per heavy atom. The number of hydrogen-bond donors (Lipinski definition) is 3. The Labute approximate surface area is 289 Å². The van der Waals surface area contributed by atoms with E-state index in [0.29, 0.717) is 16.6 Å². The number of carbonyl (C=O) groups excluding carboxylic acids is 4. The molecule has 15 heteroatoms. The first-order chi connectivity index (χ1) is 23.9. The molecule has 50 heavy (non-hydrogen) atoms. The van der Waals surface area contributed by atoms with Gasteiger partial charge in [-0.1, -0.05) is 66.7 Å². The van der Waals surface area contributed by atoms with Gasteiger partial charge in [0.1, 0.15) is 18.0 Å². The van der Waals surface area contributed by atoms with Gasteiger partial charge in [-0.05, 0) is 35.7 Å². The maximum Gasteiger partial charge on any atom is 0.380 e. The Morgan fingerprint density at radius 1 is 1.04 bits per heavy atom. The van der Waals surface area contributed by atoms with Gasteiger partial charge in [-0.3, -0.25) is 14.4 Å². The van der Waals surface area contributed by atoms with Crippen LogP contribution in [0, 0.1) is 0 Å². The minimum absolute atomic E-state index is 0.00523. The van der Waals surface area contributed by atoms with E-state index >= 15 is 0 Å². The van der Waals surface area contributed by atoms with Gasteiger partial charge in [0.15, 0.2) is 5.78 Å². The van der Waals surface area contributed by atoms with Gasteiger partial charge in [0.2, 0.25) is 11.8 Å². The molecule has 2 aliphatic heterocycles. The number of para-hydroxylation sites is 1. The molecule has 3 heterocycles. The lowest BCUT2D eigenvalue weighted by molar-refractivity contribution is -0.189. The highest BCUT2D eigenvalue weighted by molar-refractivity contribution is 7.84. The third-order valence-corrected chi connectivity index (χ3v) is 9.20. The van der Waals surface area contributed by atoms with Crippen LogP contribution in [0.25, 0.3) is 10.9 Å². The molecule has 0 spiro atoms. The number of amides is 4. The van der Waals surface area contributed by atoms with E-state index in [1.807, 2.05) is 48.5 Å². The number of rotatable bonds is 11. The van der Waals surface area contributed by atoms with E-state index < -0.39 is 28.5 Å². The average molecular weight is 700 g/mol. The smallest absolute Gasteiger partial charge is 0.371 e. The zero-order valence-electron chi connectivity index (χ0n) is 27.3. The topological polar surface area (TPSA) is 178 Å². The summed E-state index contributed by atoms with van der Waals surface area (Å²) < 4.78 is 27.6. The van der Waals surface area contributed by atoms with Crippen molar-refractivity contribution in [2.45, 2.75) is 38.6 Å². The minimum atomic E-state index is -4.24. The van der Waals surface area contributed by atoms with Crippen molar-refractivity contribution < 1.29 is 31.8 Å². The number of hydrazine groups is 1. The Bertz CT molecular complexity index is 2050. The number of piperazine rings is 1. The molecule has 2 saturated heterocycles. The van der Waals surface area contributed by atoms with Crippen LogP contribution in [0.15, 0.2) is 91.6 Å².